The van der Waals surface area contributed by atoms with Gasteiger partial charge in [-0.2, -0.15) is 9.65 Å². The van der Waals surface area contributed by atoms with Crippen LogP contribution in [0.1, 0.15) is 18.5 Å². The topological polar surface area (TPSA) is 104 Å². The highest BCUT2D eigenvalue weighted by Crippen LogP contribution is 2.35. The van der Waals surface area contributed by atoms with Gasteiger partial charge in [-0.25, -0.2) is 9.97 Å². The first-order chi connectivity index (χ1) is 13.0. The fraction of sp³-hybridized carbons (Fsp3) is 0.316. The van der Waals surface area contributed by atoms with E-state index in [1.165, 1.54) is 17.2 Å². The van der Waals surface area contributed by atoms with Gasteiger partial charge in [0.2, 0.25) is 5.95 Å². The smallest absolute Gasteiger partial charge is 0.212 e. The number of nitrogens with zero attached hydrogens (tertiary/aromatic N) is 5. The van der Waals surface area contributed by atoms with Gasteiger partial charge >= 0.3 is 0 Å². The molecule has 0 spiro atoms. The minimum absolute atomic E-state index is 0.0750. The number of piperidine rings is 1. The Labute approximate surface area is 157 Å². The van der Waals surface area contributed by atoms with E-state index >= 15 is 0 Å². The molecule has 1 saturated heterocycles. The molecule has 7 nitrogen and oxygen atoms in total. The Bertz CT molecular complexity index is 880. The molecular formula is C19H20FN7. The van der Waals surface area contributed by atoms with Crippen LogP contribution in [0.25, 0.3) is 11.1 Å². The van der Waals surface area contributed by atoms with Gasteiger partial charge in [0.05, 0.1) is 12.0 Å². The zero-order chi connectivity index (χ0) is 19.4. The van der Waals surface area contributed by atoms with E-state index in [9.17, 15) is 9.65 Å². The first-order valence-electron chi connectivity index (χ1n) is 8.63. The number of halogens is 1. The van der Waals surface area contributed by atoms with Crippen molar-refractivity contribution in [1.29, 1.82) is 16.1 Å². The molecular weight excluding hydrogens is 345 g/mol. The molecule has 0 atom stereocenters. The Balaban J connectivity index is 1.89. The summed E-state index contributed by atoms with van der Waals surface area (Å²) in [5.41, 5.74) is 2.56. The molecule has 0 bridgehead atoms. The molecule has 0 radical (unpaired) electrons. The third-order valence-corrected chi connectivity index (χ3v) is 4.84. The van der Waals surface area contributed by atoms with Gasteiger partial charge in [-0.1, -0.05) is 0 Å². The molecule has 3 heterocycles. The van der Waals surface area contributed by atoms with Gasteiger partial charge in [-0.05, 0) is 31.0 Å². The van der Waals surface area contributed by atoms with E-state index in [2.05, 4.69) is 20.9 Å². The summed E-state index contributed by atoms with van der Waals surface area (Å²) in [5, 5.41) is 25.0. The van der Waals surface area contributed by atoms with Crippen molar-refractivity contribution >= 4 is 17.9 Å². The SMILES string of the molecule is CN(C=N)C(=N)C1CCN(c2c(-c3ccc(F)nc3)ccnc2C#N)CC1. The minimum atomic E-state index is -0.551. The molecule has 138 valence electrons. The summed E-state index contributed by atoms with van der Waals surface area (Å²) >= 11 is 0. The highest BCUT2D eigenvalue weighted by Gasteiger charge is 2.27. The number of nitriles is 1. The molecule has 8 heteroatoms. The van der Waals surface area contributed by atoms with E-state index in [0.29, 0.717) is 24.6 Å². The normalized spacial score (nSPS) is 14.5. The van der Waals surface area contributed by atoms with Crippen LogP contribution in [0.4, 0.5) is 10.1 Å². The van der Waals surface area contributed by atoms with Crippen LogP contribution >= 0.6 is 0 Å². The second-order valence-electron chi connectivity index (χ2n) is 6.42. The lowest BCUT2D eigenvalue weighted by atomic mass is 9.93. The van der Waals surface area contributed by atoms with Crippen LogP contribution < -0.4 is 4.90 Å². The second-order valence-corrected chi connectivity index (χ2v) is 6.42. The number of aromatic nitrogens is 2. The van der Waals surface area contributed by atoms with Gasteiger partial charge in [-0.15, -0.1) is 0 Å². The van der Waals surface area contributed by atoms with Crippen molar-refractivity contribution in [2.75, 3.05) is 25.0 Å². The number of rotatable bonds is 4. The van der Waals surface area contributed by atoms with Crippen molar-refractivity contribution in [3.63, 3.8) is 0 Å². The zero-order valence-corrected chi connectivity index (χ0v) is 15.0. The number of nitrogens with one attached hydrogen (secondary N) is 2. The first-order valence-corrected chi connectivity index (χ1v) is 8.63. The highest BCUT2D eigenvalue weighted by molar-refractivity contribution is 5.90. The highest BCUT2D eigenvalue weighted by atomic mass is 19.1. The lowest BCUT2D eigenvalue weighted by Gasteiger charge is -2.36. The van der Waals surface area contributed by atoms with Crippen LogP contribution in [0.2, 0.25) is 0 Å². The van der Waals surface area contributed by atoms with E-state index in [0.717, 1.165) is 36.0 Å². The number of anilines is 1. The Morgan fingerprint density at radius 1 is 1.33 bits per heavy atom. The van der Waals surface area contributed by atoms with Crippen LogP contribution in [0.3, 0.4) is 0 Å². The van der Waals surface area contributed by atoms with E-state index in [4.69, 9.17) is 10.8 Å². The molecule has 1 aliphatic heterocycles. The van der Waals surface area contributed by atoms with Crippen LogP contribution in [0, 0.1) is 34.0 Å². The fourth-order valence-corrected chi connectivity index (χ4v) is 3.36. The Morgan fingerprint density at radius 3 is 2.67 bits per heavy atom. The summed E-state index contributed by atoms with van der Waals surface area (Å²) in [5.74, 6) is -0.0465. The van der Waals surface area contributed by atoms with Crippen molar-refractivity contribution in [3.8, 4) is 17.2 Å². The predicted octanol–water partition coefficient (Wildman–Crippen LogP) is 2.89. The van der Waals surface area contributed by atoms with E-state index in [-0.39, 0.29) is 5.92 Å². The van der Waals surface area contributed by atoms with Crippen LogP contribution in [-0.4, -0.2) is 47.2 Å². The Kier molecular flexibility index (Phi) is 5.41. The molecule has 0 unspecified atom stereocenters. The van der Waals surface area contributed by atoms with Gasteiger partial charge in [0.1, 0.15) is 11.9 Å². The van der Waals surface area contributed by atoms with Gasteiger partial charge in [0.25, 0.3) is 0 Å². The number of hydrogen-bond acceptors (Lipinski definition) is 6. The largest absolute Gasteiger partial charge is 0.369 e. The molecule has 1 fully saturated rings. The lowest BCUT2D eigenvalue weighted by Crippen LogP contribution is -2.41. The molecule has 0 saturated carbocycles. The number of hydrogen-bond donors (Lipinski definition) is 2. The molecule has 3 rings (SSSR count). The number of pyridine rings is 2. The second kappa shape index (κ2) is 7.91. The molecule has 2 aromatic heterocycles. The van der Waals surface area contributed by atoms with E-state index in [1.807, 2.05) is 6.07 Å². The maximum absolute atomic E-state index is 13.2. The molecule has 2 N–H and O–H groups in total. The van der Waals surface area contributed by atoms with Crippen molar-refractivity contribution in [3.05, 3.63) is 42.2 Å². The molecule has 1 aliphatic rings. The summed E-state index contributed by atoms with van der Waals surface area (Å²) in [6.07, 6.45) is 5.66. The van der Waals surface area contributed by atoms with Crippen LogP contribution in [-0.2, 0) is 0 Å². The summed E-state index contributed by atoms with van der Waals surface area (Å²) in [4.78, 5) is 11.5. The molecule has 0 aromatic carbocycles. The van der Waals surface area contributed by atoms with Crippen LogP contribution in [0.15, 0.2) is 30.6 Å². The number of amidine groups is 1. The third kappa shape index (κ3) is 3.77. The quantitative estimate of drug-likeness (QED) is 0.492. The maximum Gasteiger partial charge on any atom is 0.212 e. The predicted molar refractivity (Wildman–Crippen MR) is 101 cm³/mol. The van der Waals surface area contributed by atoms with Crippen LogP contribution in [0.5, 0.6) is 0 Å². The van der Waals surface area contributed by atoms with E-state index < -0.39 is 5.95 Å². The Morgan fingerprint density at radius 2 is 2.07 bits per heavy atom. The molecule has 0 aliphatic carbocycles. The monoisotopic (exact) mass is 365 g/mol. The zero-order valence-electron chi connectivity index (χ0n) is 15.0. The average molecular weight is 365 g/mol. The Hall–Kier alpha value is -3.34. The van der Waals surface area contributed by atoms with Gasteiger partial charge in [0.15, 0.2) is 5.69 Å². The first kappa shape index (κ1) is 18.5. The maximum atomic E-state index is 13.2. The average Bonchev–Trinajstić information content (AvgIpc) is 2.72. The summed E-state index contributed by atoms with van der Waals surface area (Å²) in [6.45, 7) is 1.34. The lowest BCUT2D eigenvalue weighted by molar-refractivity contribution is 0.473. The van der Waals surface area contributed by atoms with Gasteiger partial charge in [-0.3, -0.25) is 10.8 Å². The molecule has 27 heavy (non-hydrogen) atoms. The van der Waals surface area contributed by atoms with Crippen molar-refractivity contribution in [1.82, 2.24) is 14.9 Å². The molecule has 0 amide bonds. The van der Waals surface area contributed by atoms with Crippen molar-refractivity contribution in [2.45, 2.75) is 12.8 Å². The van der Waals surface area contributed by atoms with Crippen molar-refractivity contribution in [2.24, 2.45) is 5.92 Å². The summed E-state index contributed by atoms with van der Waals surface area (Å²) in [6, 6.07) is 6.90. The van der Waals surface area contributed by atoms with Gasteiger partial charge in [0, 0.05) is 49.6 Å². The third-order valence-electron chi connectivity index (χ3n) is 4.84. The van der Waals surface area contributed by atoms with Crippen molar-refractivity contribution < 1.29 is 4.39 Å². The standard InChI is InChI=1S/C19H20FN7/c1-26(12-22)19(23)13-5-8-27(9-6-13)18-15(4-7-24-16(18)10-21)14-2-3-17(20)25-11-14/h2-4,7,11-13,22-23H,5-6,8-9H2,1H3. The minimum Gasteiger partial charge on any atom is -0.369 e. The van der Waals surface area contributed by atoms with Gasteiger partial charge < -0.3 is 9.80 Å². The fourth-order valence-electron chi connectivity index (χ4n) is 3.36. The molecule has 2 aromatic rings. The summed E-state index contributed by atoms with van der Waals surface area (Å²) in [7, 11) is 1.70. The summed E-state index contributed by atoms with van der Waals surface area (Å²) < 4.78 is 13.2. The van der Waals surface area contributed by atoms with E-state index in [1.54, 1.807) is 19.3 Å².